The summed E-state index contributed by atoms with van der Waals surface area (Å²) in [5, 5.41) is 23.2. The molecule has 126 heavy (non-hydrogen) atoms. The summed E-state index contributed by atoms with van der Waals surface area (Å²) >= 11 is 0. The molecule has 0 saturated heterocycles. The summed E-state index contributed by atoms with van der Waals surface area (Å²) in [6, 6.07) is 154. The molecule has 3 heteroatoms. The van der Waals surface area contributed by atoms with Crippen molar-refractivity contribution in [1.82, 2.24) is 13.7 Å². The van der Waals surface area contributed by atoms with Crippen molar-refractivity contribution in [2.24, 2.45) is 0 Å². The minimum atomic E-state index is 0.0535. The number of hydrogen-bond acceptors (Lipinski definition) is 0. The third-order valence-corrected chi connectivity index (χ3v) is 26.6. The second-order valence-electron chi connectivity index (χ2n) is 35.2. The molecule has 3 aromatic heterocycles. The molecule has 0 aliphatic heterocycles. The minimum absolute atomic E-state index is 0.0535. The Morgan fingerprint density at radius 2 is 0.357 bits per heavy atom. The van der Waals surface area contributed by atoms with E-state index in [1.54, 1.807) is 0 Å². The van der Waals surface area contributed by atoms with Gasteiger partial charge in [-0.25, -0.2) is 0 Å². The normalized spacial score (nSPS) is 11.8. The first kappa shape index (κ1) is 76.7. The SMILES string of the molecule is CC(C)(C)c1ccc2c(-c3ccc(-n4c5ccccc5c5ccccc54)cc3)c3ccccc3c(-c3ccccc3)c2c1.Cc1cc2c(-c3ccccc3)c3cc(C)c(C)cc3c(-c3ccc(-n4c5ccccc5c5ccccc54)cc3)c2cc1C.Cc1ccc2c(-c3ccc(-n4c5ccccc5c5ccccc54)cc3)c3ccccc3c(-c3ccccc3)c2c1. The zero-order valence-corrected chi connectivity index (χ0v) is 72.2. The Morgan fingerprint density at radius 1 is 0.159 bits per heavy atom. The van der Waals surface area contributed by atoms with Crippen molar-refractivity contribution in [1.29, 1.82) is 0 Å². The van der Waals surface area contributed by atoms with E-state index >= 15 is 0 Å². The fourth-order valence-corrected chi connectivity index (χ4v) is 20.3. The van der Waals surface area contributed by atoms with Crippen LogP contribution in [0.15, 0.2) is 419 Å². The van der Waals surface area contributed by atoms with Gasteiger partial charge < -0.3 is 13.7 Å². The van der Waals surface area contributed by atoms with E-state index in [1.165, 1.54) is 247 Å². The summed E-state index contributed by atoms with van der Waals surface area (Å²) in [4.78, 5) is 0. The van der Waals surface area contributed by atoms with Gasteiger partial charge in [0.25, 0.3) is 0 Å². The number of benzene rings is 21. The highest BCUT2D eigenvalue weighted by molar-refractivity contribution is 6.25. The molecular formula is C123H93N3. The Hall–Kier alpha value is -15.4. The molecule has 0 unspecified atom stereocenters. The Kier molecular flexibility index (Phi) is 19.0. The van der Waals surface area contributed by atoms with Gasteiger partial charge in [-0.05, 0) is 278 Å². The highest BCUT2D eigenvalue weighted by Gasteiger charge is 2.25. The molecule has 3 nitrogen and oxygen atoms in total. The van der Waals surface area contributed by atoms with Crippen LogP contribution in [0.25, 0.3) is 214 Å². The summed E-state index contributed by atoms with van der Waals surface area (Å²) < 4.78 is 7.16. The zero-order valence-electron chi connectivity index (χ0n) is 72.2. The maximum absolute atomic E-state index is 2.43. The number of rotatable bonds is 9. The van der Waals surface area contributed by atoms with E-state index in [2.05, 4.69) is 488 Å². The topological polar surface area (TPSA) is 14.8 Å². The first-order valence-electron chi connectivity index (χ1n) is 44.1. The van der Waals surface area contributed by atoms with Gasteiger partial charge in [0.15, 0.2) is 0 Å². The van der Waals surface area contributed by atoms with Crippen LogP contribution in [0.3, 0.4) is 0 Å². The van der Waals surface area contributed by atoms with Crippen LogP contribution in [0.2, 0.25) is 0 Å². The summed E-state index contributed by atoms with van der Waals surface area (Å²) in [6.07, 6.45) is 0. The summed E-state index contributed by atoms with van der Waals surface area (Å²) in [5.74, 6) is 0. The van der Waals surface area contributed by atoms with E-state index in [9.17, 15) is 0 Å². The lowest BCUT2D eigenvalue weighted by atomic mass is 9.81. The lowest BCUT2D eigenvalue weighted by Crippen LogP contribution is -2.10. The predicted molar refractivity (Wildman–Crippen MR) is 542 cm³/mol. The number of para-hydroxylation sites is 6. The van der Waals surface area contributed by atoms with Crippen molar-refractivity contribution in [3.8, 4) is 83.8 Å². The van der Waals surface area contributed by atoms with E-state index in [-0.39, 0.29) is 5.41 Å². The van der Waals surface area contributed by atoms with Gasteiger partial charge >= 0.3 is 0 Å². The molecule has 0 spiro atoms. The van der Waals surface area contributed by atoms with Crippen molar-refractivity contribution in [2.45, 2.75) is 60.8 Å². The molecule has 0 bridgehead atoms. The predicted octanol–water partition coefficient (Wildman–Crippen LogP) is 34.1. The highest BCUT2D eigenvalue weighted by Crippen LogP contribution is 2.50. The Bertz CT molecular complexity index is 8200. The summed E-state index contributed by atoms with van der Waals surface area (Å²) in [6.45, 7) is 18.0. The fourth-order valence-electron chi connectivity index (χ4n) is 20.3. The molecule has 24 aromatic rings. The van der Waals surface area contributed by atoms with Gasteiger partial charge in [0.05, 0.1) is 33.1 Å². The average molecular weight is 1610 g/mol. The smallest absolute Gasteiger partial charge is 0.0541 e. The summed E-state index contributed by atoms with van der Waals surface area (Å²) in [5.41, 5.74) is 34.2. The molecule has 0 fully saturated rings. The van der Waals surface area contributed by atoms with E-state index in [4.69, 9.17) is 0 Å². The van der Waals surface area contributed by atoms with Crippen LogP contribution in [0.5, 0.6) is 0 Å². The Labute approximate surface area is 735 Å². The molecule has 0 N–H and O–H groups in total. The maximum atomic E-state index is 2.43. The van der Waals surface area contributed by atoms with E-state index in [0.717, 1.165) is 0 Å². The van der Waals surface area contributed by atoms with Crippen LogP contribution in [0.1, 0.15) is 54.2 Å². The largest absolute Gasteiger partial charge is 0.309 e. The number of hydrogen-bond donors (Lipinski definition) is 0. The van der Waals surface area contributed by atoms with Gasteiger partial charge in [0.2, 0.25) is 0 Å². The second kappa shape index (κ2) is 31.2. The van der Waals surface area contributed by atoms with Gasteiger partial charge in [-0.2, -0.15) is 0 Å². The molecule has 24 rings (SSSR count). The minimum Gasteiger partial charge on any atom is -0.309 e. The van der Waals surface area contributed by atoms with Crippen LogP contribution < -0.4 is 0 Å². The maximum Gasteiger partial charge on any atom is 0.0541 e. The van der Waals surface area contributed by atoms with E-state index < -0.39 is 0 Å². The molecule has 0 saturated carbocycles. The lowest BCUT2D eigenvalue weighted by Gasteiger charge is -2.23. The van der Waals surface area contributed by atoms with Gasteiger partial charge in [0, 0.05) is 49.4 Å². The third-order valence-electron chi connectivity index (χ3n) is 26.6. The van der Waals surface area contributed by atoms with Gasteiger partial charge in [-0.1, -0.05) is 366 Å². The van der Waals surface area contributed by atoms with Gasteiger partial charge in [0.1, 0.15) is 0 Å². The first-order chi connectivity index (χ1) is 61.8. The van der Waals surface area contributed by atoms with Crippen LogP contribution in [0.4, 0.5) is 0 Å². The molecule has 0 aliphatic rings. The second-order valence-corrected chi connectivity index (χ2v) is 35.2. The Morgan fingerprint density at radius 3 is 0.627 bits per heavy atom. The molecule has 0 aliphatic carbocycles. The molecule has 0 radical (unpaired) electrons. The highest BCUT2D eigenvalue weighted by atomic mass is 15.0. The Balaban J connectivity index is 0.000000112. The monoisotopic (exact) mass is 1610 g/mol. The van der Waals surface area contributed by atoms with Crippen LogP contribution in [-0.4, -0.2) is 13.7 Å². The number of fused-ring (bicyclic) bond motifs is 15. The van der Waals surface area contributed by atoms with Crippen molar-refractivity contribution >= 4 is 130 Å². The summed E-state index contributed by atoms with van der Waals surface area (Å²) in [7, 11) is 0. The number of aryl methyl sites for hydroxylation is 5. The fraction of sp³-hybridized carbons (Fsp3) is 0.0732. The van der Waals surface area contributed by atoms with Crippen molar-refractivity contribution in [3.05, 3.63) is 452 Å². The zero-order chi connectivity index (χ0) is 85.0. The molecule has 3 heterocycles. The molecule has 0 amide bonds. The third kappa shape index (κ3) is 13.0. The molecule has 0 atom stereocenters. The van der Waals surface area contributed by atoms with Gasteiger partial charge in [-0.3, -0.25) is 0 Å². The van der Waals surface area contributed by atoms with Crippen LogP contribution >= 0.6 is 0 Å². The lowest BCUT2D eigenvalue weighted by molar-refractivity contribution is 0.591. The molecule has 21 aromatic carbocycles. The van der Waals surface area contributed by atoms with Crippen LogP contribution in [-0.2, 0) is 5.41 Å². The van der Waals surface area contributed by atoms with Crippen molar-refractivity contribution in [2.75, 3.05) is 0 Å². The van der Waals surface area contributed by atoms with E-state index in [1.807, 2.05) is 0 Å². The van der Waals surface area contributed by atoms with Crippen molar-refractivity contribution < 1.29 is 0 Å². The van der Waals surface area contributed by atoms with Crippen LogP contribution in [0, 0.1) is 34.6 Å². The standard InChI is InChI=1S/2C42H33N.C39H27N/c1-26-22-35-37(24-28(26)3)42(38-25-29(4)27(2)23-36(38)41(35)30-12-6-5-7-13-30)31-18-20-32(21-19-31)43-39-16-10-8-14-33(39)34-15-9-11-17-40(34)43;1-42(2,3)30-23-26-36-37(27-30)41(28-13-5-4-6-14-28)35-18-8-7-17-34(35)40(36)29-21-24-31(25-22-29)43-38-19-11-9-15-32(38)33-16-10-12-20-39(33)43;1-26-19-24-34-35(25-26)39(27-11-3-2-4-12-27)33-16-6-5-15-32(33)38(34)28-20-22-29(23-21-28)40-36-17-9-7-13-30(36)31-14-8-10-18-37(31)40/h5-25H,1-4H3;4-27H,1-3H3;2-25H,1H3. The molecular weight excluding hydrogens is 1520 g/mol. The number of nitrogens with zero attached hydrogens (tertiary/aromatic N) is 3. The quantitative estimate of drug-likeness (QED) is 0.128. The number of aromatic nitrogens is 3. The van der Waals surface area contributed by atoms with Crippen molar-refractivity contribution in [3.63, 3.8) is 0 Å². The van der Waals surface area contributed by atoms with Gasteiger partial charge in [-0.15, -0.1) is 0 Å². The van der Waals surface area contributed by atoms with E-state index in [0.29, 0.717) is 0 Å². The average Bonchev–Trinajstić information content (AvgIpc) is 1.23. The molecule has 600 valence electrons. The first-order valence-corrected chi connectivity index (χ1v) is 44.1.